The number of aliphatic hydroxyl groups is 1. The number of para-hydroxylation sites is 1. The Bertz CT molecular complexity index is 678. The van der Waals surface area contributed by atoms with Crippen molar-refractivity contribution in [2.45, 2.75) is 32.8 Å². The minimum Gasteiger partial charge on any atom is -0.436 e. The number of benzene rings is 1. The first-order valence-corrected chi connectivity index (χ1v) is 7.11. The Balaban J connectivity index is 2.04. The zero-order valence-corrected chi connectivity index (χ0v) is 12.2. The number of carbonyl (C=O) groups is 1. The number of hydrogen-bond donors (Lipinski definition) is 1. The van der Waals surface area contributed by atoms with E-state index in [0.717, 1.165) is 17.7 Å². The zero-order chi connectivity index (χ0) is 15.0. The summed E-state index contributed by atoms with van der Waals surface area (Å²) in [5, 5.41) is 10.2. The fraction of sp³-hybridized carbons (Fsp3) is 0.375. The molecule has 2 aromatic rings. The molecular formula is C16H18N2O3. The number of aliphatic hydroxyl groups excluding tert-OH is 1. The Hall–Kier alpha value is -2.14. The monoisotopic (exact) mass is 286 g/mol. The number of hydrogen-bond acceptors (Lipinski definition) is 4. The van der Waals surface area contributed by atoms with Gasteiger partial charge in [-0.15, -0.1) is 0 Å². The molecular weight excluding hydrogens is 268 g/mol. The van der Waals surface area contributed by atoms with Gasteiger partial charge in [0.25, 0.3) is 5.91 Å². The maximum absolute atomic E-state index is 12.8. The van der Waals surface area contributed by atoms with Gasteiger partial charge in [0.2, 0.25) is 5.76 Å². The van der Waals surface area contributed by atoms with Gasteiger partial charge in [-0.25, -0.2) is 4.98 Å². The summed E-state index contributed by atoms with van der Waals surface area (Å²) in [5.74, 6) is 0.562. The smallest absolute Gasteiger partial charge is 0.295 e. The first-order valence-electron chi connectivity index (χ1n) is 7.11. The molecule has 5 heteroatoms. The molecule has 0 fully saturated rings. The van der Waals surface area contributed by atoms with Crippen LogP contribution in [0.5, 0.6) is 0 Å². The van der Waals surface area contributed by atoms with Gasteiger partial charge in [-0.1, -0.05) is 18.2 Å². The molecule has 1 aromatic carbocycles. The van der Waals surface area contributed by atoms with E-state index in [1.54, 1.807) is 18.7 Å². The molecule has 1 aromatic heterocycles. The van der Waals surface area contributed by atoms with Gasteiger partial charge in [0.15, 0.2) is 5.89 Å². The molecule has 1 amide bonds. The highest BCUT2D eigenvalue weighted by molar-refractivity contribution is 6.05. The standard InChI is InChI=1S/C16H18N2O3/c1-10-15(21-11(2)17-10)16(20)18-9-5-8-14(19)12-6-3-4-7-13(12)18/h3-4,6-7,14,19H,5,8-9H2,1-2H3. The molecule has 2 heterocycles. The molecule has 0 bridgehead atoms. The van der Waals surface area contributed by atoms with Gasteiger partial charge in [-0.3, -0.25) is 4.79 Å². The third-order valence-corrected chi connectivity index (χ3v) is 3.79. The van der Waals surface area contributed by atoms with Gasteiger partial charge in [-0.05, 0) is 25.8 Å². The number of nitrogens with zero attached hydrogens (tertiary/aromatic N) is 2. The highest BCUT2D eigenvalue weighted by Crippen LogP contribution is 2.33. The lowest BCUT2D eigenvalue weighted by Crippen LogP contribution is -2.32. The van der Waals surface area contributed by atoms with Crippen molar-refractivity contribution < 1.29 is 14.3 Å². The number of oxazole rings is 1. The molecule has 21 heavy (non-hydrogen) atoms. The van der Waals surface area contributed by atoms with E-state index < -0.39 is 6.10 Å². The SMILES string of the molecule is Cc1nc(C)c(C(=O)N2CCCC(O)c3ccccc32)o1. The largest absolute Gasteiger partial charge is 0.436 e. The van der Waals surface area contributed by atoms with Gasteiger partial charge in [0, 0.05) is 24.7 Å². The Morgan fingerprint density at radius 3 is 2.86 bits per heavy atom. The maximum atomic E-state index is 12.8. The molecule has 0 saturated heterocycles. The molecule has 1 aliphatic rings. The highest BCUT2D eigenvalue weighted by atomic mass is 16.4. The summed E-state index contributed by atoms with van der Waals surface area (Å²) < 4.78 is 5.45. The first-order chi connectivity index (χ1) is 10.1. The lowest BCUT2D eigenvalue weighted by Gasteiger charge is -2.22. The maximum Gasteiger partial charge on any atom is 0.295 e. The summed E-state index contributed by atoms with van der Waals surface area (Å²) in [6, 6.07) is 7.47. The minimum atomic E-state index is -0.531. The summed E-state index contributed by atoms with van der Waals surface area (Å²) in [7, 11) is 0. The van der Waals surface area contributed by atoms with Crippen LogP contribution in [-0.2, 0) is 0 Å². The van der Waals surface area contributed by atoms with Crippen molar-refractivity contribution in [1.29, 1.82) is 0 Å². The van der Waals surface area contributed by atoms with Gasteiger partial charge in [-0.2, -0.15) is 0 Å². The van der Waals surface area contributed by atoms with Gasteiger partial charge in [0.1, 0.15) is 0 Å². The zero-order valence-electron chi connectivity index (χ0n) is 12.2. The molecule has 110 valence electrons. The van der Waals surface area contributed by atoms with Crippen LogP contribution in [0.4, 0.5) is 5.69 Å². The van der Waals surface area contributed by atoms with Crippen LogP contribution in [0, 0.1) is 13.8 Å². The van der Waals surface area contributed by atoms with Gasteiger partial charge in [0.05, 0.1) is 11.8 Å². The fourth-order valence-electron chi connectivity index (χ4n) is 2.80. The number of rotatable bonds is 1. The molecule has 1 N–H and O–H groups in total. The Labute approximate surface area is 123 Å². The van der Waals surface area contributed by atoms with E-state index in [-0.39, 0.29) is 11.7 Å². The molecule has 0 spiro atoms. The summed E-state index contributed by atoms with van der Waals surface area (Å²) in [5.41, 5.74) is 2.14. The third kappa shape index (κ3) is 2.45. The van der Waals surface area contributed by atoms with Crippen molar-refractivity contribution in [3.05, 3.63) is 47.2 Å². The van der Waals surface area contributed by atoms with Crippen molar-refractivity contribution in [3.63, 3.8) is 0 Å². The number of amides is 1. The number of aryl methyl sites for hydroxylation is 2. The summed E-state index contributed by atoms with van der Waals surface area (Å²) in [6.07, 6.45) is 0.861. The normalized spacial score (nSPS) is 18.2. The third-order valence-electron chi connectivity index (χ3n) is 3.79. The predicted octanol–water partition coefficient (Wildman–Crippen LogP) is 2.77. The Kier molecular flexibility index (Phi) is 3.51. The molecule has 0 aliphatic carbocycles. The van der Waals surface area contributed by atoms with E-state index in [2.05, 4.69) is 4.98 Å². The number of anilines is 1. The van der Waals surface area contributed by atoms with Crippen molar-refractivity contribution in [2.75, 3.05) is 11.4 Å². The average Bonchev–Trinajstić information content (AvgIpc) is 2.71. The lowest BCUT2D eigenvalue weighted by atomic mass is 10.0. The van der Waals surface area contributed by atoms with Crippen LogP contribution in [0.2, 0.25) is 0 Å². The fourth-order valence-corrected chi connectivity index (χ4v) is 2.80. The summed E-state index contributed by atoms with van der Waals surface area (Å²) in [6.45, 7) is 4.05. The lowest BCUT2D eigenvalue weighted by molar-refractivity contribution is 0.0958. The van der Waals surface area contributed by atoms with Crippen LogP contribution in [0.3, 0.4) is 0 Å². The van der Waals surface area contributed by atoms with E-state index in [9.17, 15) is 9.90 Å². The number of fused-ring (bicyclic) bond motifs is 1. The minimum absolute atomic E-state index is 0.199. The van der Waals surface area contributed by atoms with Gasteiger partial charge >= 0.3 is 0 Å². The first kappa shape index (κ1) is 13.8. The van der Waals surface area contributed by atoms with Gasteiger partial charge < -0.3 is 14.4 Å². The van der Waals surface area contributed by atoms with Crippen LogP contribution >= 0.6 is 0 Å². The van der Waals surface area contributed by atoms with Crippen molar-refractivity contribution in [2.24, 2.45) is 0 Å². The number of aromatic nitrogens is 1. The average molecular weight is 286 g/mol. The molecule has 1 atom stereocenters. The van der Waals surface area contributed by atoms with Crippen LogP contribution in [0.15, 0.2) is 28.7 Å². The van der Waals surface area contributed by atoms with E-state index >= 15 is 0 Å². The highest BCUT2D eigenvalue weighted by Gasteiger charge is 2.28. The molecule has 5 nitrogen and oxygen atoms in total. The van der Waals surface area contributed by atoms with Crippen molar-refractivity contribution in [1.82, 2.24) is 4.98 Å². The molecule has 0 radical (unpaired) electrons. The second-order valence-corrected chi connectivity index (χ2v) is 5.32. The summed E-state index contributed by atoms with van der Waals surface area (Å²) >= 11 is 0. The molecule has 3 rings (SSSR count). The van der Waals surface area contributed by atoms with Crippen molar-refractivity contribution >= 4 is 11.6 Å². The Morgan fingerprint density at radius 1 is 1.38 bits per heavy atom. The van der Waals surface area contributed by atoms with Crippen LogP contribution in [0.1, 0.15) is 46.6 Å². The topological polar surface area (TPSA) is 66.6 Å². The molecule has 1 aliphatic heterocycles. The quantitative estimate of drug-likeness (QED) is 0.875. The summed E-state index contributed by atoms with van der Waals surface area (Å²) in [4.78, 5) is 18.6. The second-order valence-electron chi connectivity index (χ2n) is 5.32. The molecule has 0 saturated carbocycles. The van der Waals surface area contributed by atoms with E-state index in [1.807, 2.05) is 24.3 Å². The van der Waals surface area contributed by atoms with Crippen LogP contribution in [-0.4, -0.2) is 22.5 Å². The number of carbonyl (C=O) groups excluding carboxylic acids is 1. The Morgan fingerprint density at radius 2 is 2.14 bits per heavy atom. The van der Waals surface area contributed by atoms with E-state index in [0.29, 0.717) is 24.6 Å². The predicted molar refractivity (Wildman–Crippen MR) is 78.3 cm³/mol. The van der Waals surface area contributed by atoms with E-state index in [1.165, 1.54) is 0 Å². The second kappa shape index (κ2) is 5.33. The molecule has 1 unspecified atom stereocenters. The van der Waals surface area contributed by atoms with Crippen molar-refractivity contribution in [3.8, 4) is 0 Å². The van der Waals surface area contributed by atoms with E-state index in [4.69, 9.17) is 4.42 Å². The van der Waals surface area contributed by atoms with Crippen LogP contribution < -0.4 is 4.90 Å². The van der Waals surface area contributed by atoms with Crippen LogP contribution in [0.25, 0.3) is 0 Å².